The van der Waals surface area contributed by atoms with Crippen molar-refractivity contribution in [2.24, 2.45) is 5.92 Å². The van der Waals surface area contributed by atoms with Crippen LogP contribution >= 0.6 is 11.6 Å². The minimum Gasteiger partial charge on any atom is -0.493 e. The van der Waals surface area contributed by atoms with Gasteiger partial charge >= 0.3 is 0 Å². The molecule has 1 unspecified atom stereocenters. The van der Waals surface area contributed by atoms with Crippen LogP contribution in [0.5, 0.6) is 11.5 Å². The fraction of sp³-hybridized carbons (Fsp3) is 0.364. The molecular formula is C22H27ClN2O4. The van der Waals surface area contributed by atoms with Crippen molar-refractivity contribution in [2.75, 3.05) is 13.7 Å². The molecule has 0 heterocycles. The Hall–Kier alpha value is -2.73. The van der Waals surface area contributed by atoms with Crippen LogP contribution in [0.25, 0.3) is 0 Å². The number of hydrogen-bond acceptors (Lipinski definition) is 4. The van der Waals surface area contributed by atoms with Crippen LogP contribution in [0.15, 0.2) is 42.5 Å². The molecule has 0 spiro atoms. The SMILES string of the molecule is CCOc1ccc(CNC(=O)C(NC(=O)c2ccc(Cl)cc2)C(C)C)cc1OC. The molecule has 0 bridgehead atoms. The van der Waals surface area contributed by atoms with Gasteiger partial charge in [-0.15, -0.1) is 0 Å². The molecule has 7 heteroatoms. The molecular weight excluding hydrogens is 392 g/mol. The highest BCUT2D eigenvalue weighted by Gasteiger charge is 2.24. The molecule has 1 atom stereocenters. The van der Waals surface area contributed by atoms with Gasteiger partial charge in [0, 0.05) is 17.1 Å². The van der Waals surface area contributed by atoms with Crippen molar-refractivity contribution < 1.29 is 19.1 Å². The fourth-order valence-corrected chi connectivity index (χ4v) is 2.88. The Morgan fingerprint density at radius 3 is 2.34 bits per heavy atom. The average molecular weight is 419 g/mol. The third-order valence-corrected chi connectivity index (χ3v) is 4.59. The summed E-state index contributed by atoms with van der Waals surface area (Å²) in [6.45, 7) is 6.51. The Bertz CT molecular complexity index is 837. The molecule has 0 aliphatic rings. The van der Waals surface area contributed by atoms with Gasteiger partial charge in [-0.05, 0) is 54.8 Å². The molecule has 2 rings (SSSR count). The van der Waals surface area contributed by atoms with Gasteiger partial charge in [0.05, 0.1) is 13.7 Å². The van der Waals surface area contributed by atoms with E-state index in [1.54, 1.807) is 31.4 Å². The molecule has 2 N–H and O–H groups in total. The number of carbonyl (C=O) groups is 2. The van der Waals surface area contributed by atoms with Gasteiger partial charge in [-0.3, -0.25) is 9.59 Å². The van der Waals surface area contributed by atoms with E-state index in [1.165, 1.54) is 0 Å². The molecule has 0 saturated heterocycles. The number of halogens is 1. The first kappa shape index (κ1) is 22.6. The van der Waals surface area contributed by atoms with E-state index in [4.69, 9.17) is 21.1 Å². The van der Waals surface area contributed by atoms with Crippen LogP contribution in [0.1, 0.15) is 36.7 Å². The largest absolute Gasteiger partial charge is 0.493 e. The van der Waals surface area contributed by atoms with Crippen molar-refractivity contribution in [3.63, 3.8) is 0 Å². The quantitative estimate of drug-likeness (QED) is 0.649. The number of methoxy groups -OCH3 is 1. The highest BCUT2D eigenvalue weighted by Crippen LogP contribution is 2.28. The van der Waals surface area contributed by atoms with Gasteiger partial charge < -0.3 is 20.1 Å². The van der Waals surface area contributed by atoms with Crippen LogP contribution in [0, 0.1) is 5.92 Å². The van der Waals surface area contributed by atoms with Crippen LogP contribution in [-0.2, 0) is 11.3 Å². The lowest BCUT2D eigenvalue weighted by molar-refractivity contribution is -0.124. The third-order valence-electron chi connectivity index (χ3n) is 4.34. The smallest absolute Gasteiger partial charge is 0.251 e. The third kappa shape index (κ3) is 6.39. The van der Waals surface area contributed by atoms with Crippen LogP contribution < -0.4 is 20.1 Å². The van der Waals surface area contributed by atoms with Crippen molar-refractivity contribution >= 4 is 23.4 Å². The van der Waals surface area contributed by atoms with Crippen LogP contribution in [0.2, 0.25) is 5.02 Å². The molecule has 0 aliphatic carbocycles. The molecule has 0 saturated carbocycles. The van der Waals surface area contributed by atoms with Gasteiger partial charge in [-0.2, -0.15) is 0 Å². The topological polar surface area (TPSA) is 76.7 Å². The molecule has 0 aliphatic heterocycles. The van der Waals surface area contributed by atoms with Gasteiger partial charge in [0.25, 0.3) is 5.91 Å². The number of rotatable bonds is 9. The Balaban J connectivity index is 2.02. The second-order valence-electron chi connectivity index (χ2n) is 6.84. The number of carbonyl (C=O) groups excluding carboxylic acids is 2. The Morgan fingerprint density at radius 2 is 1.76 bits per heavy atom. The fourth-order valence-electron chi connectivity index (χ4n) is 2.76. The van der Waals surface area contributed by atoms with Gasteiger partial charge in [-0.1, -0.05) is 31.5 Å². The van der Waals surface area contributed by atoms with Crippen LogP contribution in [0.4, 0.5) is 0 Å². The second kappa shape index (κ2) is 10.7. The zero-order valence-corrected chi connectivity index (χ0v) is 17.9. The van der Waals surface area contributed by atoms with Crippen molar-refractivity contribution in [1.29, 1.82) is 0 Å². The van der Waals surface area contributed by atoms with E-state index in [0.717, 1.165) is 5.56 Å². The van der Waals surface area contributed by atoms with Gasteiger partial charge in [0.1, 0.15) is 6.04 Å². The van der Waals surface area contributed by atoms with Crippen molar-refractivity contribution in [3.05, 3.63) is 58.6 Å². The Kier molecular flexibility index (Phi) is 8.34. The van der Waals surface area contributed by atoms with Crippen LogP contribution in [0.3, 0.4) is 0 Å². The monoisotopic (exact) mass is 418 g/mol. The molecule has 29 heavy (non-hydrogen) atoms. The van der Waals surface area contributed by atoms with E-state index >= 15 is 0 Å². The number of ether oxygens (including phenoxy) is 2. The minimum absolute atomic E-state index is 0.0823. The first-order chi connectivity index (χ1) is 13.8. The number of benzene rings is 2. The number of amides is 2. The molecule has 2 aromatic rings. The maximum Gasteiger partial charge on any atom is 0.251 e. The summed E-state index contributed by atoms with van der Waals surface area (Å²) in [7, 11) is 1.57. The second-order valence-corrected chi connectivity index (χ2v) is 7.27. The first-order valence-corrected chi connectivity index (χ1v) is 9.87. The minimum atomic E-state index is -0.664. The molecule has 2 aromatic carbocycles. The summed E-state index contributed by atoms with van der Waals surface area (Å²) in [5.74, 6) is 0.602. The van der Waals surface area contributed by atoms with Crippen molar-refractivity contribution in [2.45, 2.75) is 33.4 Å². The van der Waals surface area contributed by atoms with E-state index in [9.17, 15) is 9.59 Å². The van der Waals surface area contributed by atoms with Gasteiger partial charge in [0.15, 0.2) is 11.5 Å². The maximum absolute atomic E-state index is 12.7. The molecule has 156 valence electrons. The predicted molar refractivity (Wildman–Crippen MR) is 114 cm³/mol. The predicted octanol–water partition coefficient (Wildman–Crippen LogP) is 3.82. The molecule has 2 amide bonds. The maximum atomic E-state index is 12.7. The Labute approximate surface area is 176 Å². The van der Waals surface area contributed by atoms with Crippen LogP contribution in [-0.4, -0.2) is 31.6 Å². The molecule has 6 nitrogen and oxygen atoms in total. The summed E-state index contributed by atoms with van der Waals surface area (Å²) >= 11 is 5.86. The summed E-state index contributed by atoms with van der Waals surface area (Å²) in [6.07, 6.45) is 0. The van der Waals surface area contributed by atoms with E-state index in [0.29, 0.717) is 35.2 Å². The number of hydrogen-bond donors (Lipinski definition) is 2. The van der Waals surface area contributed by atoms with E-state index in [-0.39, 0.29) is 17.7 Å². The van der Waals surface area contributed by atoms with Gasteiger partial charge in [0.2, 0.25) is 5.91 Å². The van der Waals surface area contributed by atoms with E-state index in [2.05, 4.69) is 10.6 Å². The lowest BCUT2D eigenvalue weighted by atomic mass is 10.0. The summed E-state index contributed by atoms with van der Waals surface area (Å²) < 4.78 is 10.8. The van der Waals surface area contributed by atoms with Crippen molar-refractivity contribution in [1.82, 2.24) is 10.6 Å². The van der Waals surface area contributed by atoms with E-state index in [1.807, 2.05) is 39.0 Å². The zero-order valence-electron chi connectivity index (χ0n) is 17.1. The lowest BCUT2D eigenvalue weighted by Crippen LogP contribution is -2.49. The highest BCUT2D eigenvalue weighted by atomic mass is 35.5. The Morgan fingerprint density at radius 1 is 1.07 bits per heavy atom. The average Bonchev–Trinajstić information content (AvgIpc) is 2.71. The summed E-state index contributed by atoms with van der Waals surface area (Å²) in [5, 5.41) is 6.22. The van der Waals surface area contributed by atoms with E-state index < -0.39 is 6.04 Å². The standard InChI is InChI=1S/C22H27ClN2O4/c1-5-29-18-11-6-15(12-19(18)28-4)13-24-22(27)20(14(2)3)25-21(26)16-7-9-17(23)10-8-16/h6-12,14,20H,5,13H2,1-4H3,(H,24,27)(H,25,26). The highest BCUT2D eigenvalue weighted by molar-refractivity contribution is 6.30. The summed E-state index contributed by atoms with van der Waals surface area (Å²) in [6, 6.07) is 11.4. The zero-order chi connectivity index (χ0) is 21.4. The molecule has 0 fully saturated rings. The van der Waals surface area contributed by atoms with Gasteiger partial charge in [-0.25, -0.2) is 0 Å². The summed E-state index contributed by atoms with van der Waals surface area (Å²) in [5.41, 5.74) is 1.31. The number of nitrogens with one attached hydrogen (secondary N) is 2. The molecule has 0 radical (unpaired) electrons. The molecule has 0 aromatic heterocycles. The summed E-state index contributed by atoms with van der Waals surface area (Å²) in [4.78, 5) is 25.2. The van der Waals surface area contributed by atoms with Crippen molar-refractivity contribution in [3.8, 4) is 11.5 Å². The first-order valence-electron chi connectivity index (χ1n) is 9.49. The lowest BCUT2D eigenvalue weighted by Gasteiger charge is -2.22. The normalized spacial score (nSPS) is 11.7.